The van der Waals surface area contributed by atoms with Gasteiger partial charge in [-0.15, -0.1) is 0 Å². The molecule has 1 spiro atoms. The molecule has 3 heterocycles. The van der Waals surface area contributed by atoms with Gasteiger partial charge in [-0.2, -0.15) is 4.98 Å². The van der Waals surface area contributed by atoms with Gasteiger partial charge in [0.25, 0.3) is 0 Å². The van der Waals surface area contributed by atoms with Crippen molar-refractivity contribution < 1.29 is 14.1 Å². The number of rotatable bonds is 2. The minimum Gasteiger partial charge on any atom is -0.381 e. The smallest absolute Gasteiger partial charge is 0.232 e. The van der Waals surface area contributed by atoms with E-state index in [1.54, 1.807) is 0 Å². The maximum Gasteiger partial charge on any atom is 0.232 e. The first kappa shape index (κ1) is 16.4. The van der Waals surface area contributed by atoms with Gasteiger partial charge in [-0.25, -0.2) is 0 Å². The first-order valence-electron chi connectivity index (χ1n) is 8.45. The minimum atomic E-state index is -0.000908. The van der Waals surface area contributed by atoms with Crippen LogP contribution in [0.25, 0.3) is 0 Å². The number of amides is 1. The Kier molecular flexibility index (Phi) is 4.21. The number of carbonyl (C=O) groups excluding carboxylic acids is 1. The van der Waals surface area contributed by atoms with E-state index in [1.165, 1.54) is 0 Å². The molecule has 0 aromatic carbocycles. The zero-order valence-electron chi connectivity index (χ0n) is 14.6. The van der Waals surface area contributed by atoms with Gasteiger partial charge < -0.3 is 14.2 Å². The molecule has 23 heavy (non-hydrogen) atoms. The fourth-order valence-electron chi connectivity index (χ4n) is 3.80. The summed E-state index contributed by atoms with van der Waals surface area (Å²) in [4.78, 5) is 19.2. The first-order valence-corrected chi connectivity index (χ1v) is 8.45. The topological polar surface area (TPSA) is 68.5 Å². The summed E-state index contributed by atoms with van der Waals surface area (Å²) < 4.78 is 11.0. The Labute approximate surface area is 137 Å². The van der Waals surface area contributed by atoms with Crippen molar-refractivity contribution in [2.45, 2.75) is 52.9 Å². The number of aromatic nitrogens is 2. The maximum absolute atomic E-state index is 12.7. The molecule has 1 aromatic rings. The number of carbonyl (C=O) groups is 1. The third-order valence-electron chi connectivity index (χ3n) is 5.01. The molecule has 2 saturated heterocycles. The largest absolute Gasteiger partial charge is 0.381 e. The van der Waals surface area contributed by atoms with Crippen LogP contribution in [0.15, 0.2) is 4.52 Å². The van der Waals surface area contributed by atoms with Crippen molar-refractivity contribution in [2.24, 2.45) is 10.8 Å². The van der Waals surface area contributed by atoms with Crippen molar-refractivity contribution in [3.05, 3.63) is 11.7 Å². The summed E-state index contributed by atoms with van der Waals surface area (Å²) in [5.74, 6) is 1.68. The molecular formula is C17H27N3O3. The molecule has 1 amide bonds. The third-order valence-corrected chi connectivity index (χ3v) is 5.01. The van der Waals surface area contributed by atoms with Crippen molar-refractivity contribution in [1.82, 2.24) is 15.0 Å². The number of aryl methyl sites for hydroxylation is 1. The van der Waals surface area contributed by atoms with E-state index in [9.17, 15) is 4.79 Å². The quantitative estimate of drug-likeness (QED) is 0.837. The molecule has 0 saturated carbocycles. The Morgan fingerprint density at radius 1 is 1.35 bits per heavy atom. The van der Waals surface area contributed by atoms with Crippen LogP contribution < -0.4 is 0 Å². The van der Waals surface area contributed by atoms with E-state index in [4.69, 9.17) is 9.26 Å². The molecule has 6 heteroatoms. The fourth-order valence-corrected chi connectivity index (χ4v) is 3.80. The molecule has 1 atom stereocenters. The monoisotopic (exact) mass is 321 g/mol. The Balaban J connectivity index is 1.83. The van der Waals surface area contributed by atoms with Crippen molar-refractivity contribution in [3.8, 4) is 0 Å². The van der Waals surface area contributed by atoms with E-state index in [2.05, 4.69) is 30.9 Å². The van der Waals surface area contributed by atoms with Crippen LogP contribution >= 0.6 is 0 Å². The number of ether oxygens (including phenoxy) is 1. The SMILES string of the molecule is Cc1noc([C@@H]2CN(C(=O)CC(C)(C)C)CC23CCOCC3)n1. The van der Waals surface area contributed by atoms with Crippen LogP contribution in [0.3, 0.4) is 0 Å². The van der Waals surface area contributed by atoms with Crippen molar-refractivity contribution >= 4 is 5.91 Å². The summed E-state index contributed by atoms with van der Waals surface area (Å²) in [7, 11) is 0. The van der Waals surface area contributed by atoms with E-state index >= 15 is 0 Å². The standard InChI is InChI=1S/C17H27N3O3/c1-12-18-15(23-19-12)13-10-20(14(21)9-16(2,3)4)11-17(13)5-7-22-8-6-17/h13H,5-11H2,1-4H3/t13-/m0/s1. The highest BCUT2D eigenvalue weighted by Crippen LogP contribution is 2.49. The van der Waals surface area contributed by atoms with Gasteiger partial charge in [0.05, 0.1) is 5.92 Å². The molecule has 2 fully saturated rings. The van der Waals surface area contributed by atoms with E-state index < -0.39 is 0 Å². The van der Waals surface area contributed by atoms with Gasteiger partial charge in [0.2, 0.25) is 11.8 Å². The van der Waals surface area contributed by atoms with Crippen LogP contribution in [0.2, 0.25) is 0 Å². The summed E-state index contributed by atoms with van der Waals surface area (Å²) >= 11 is 0. The minimum absolute atomic E-state index is 0.000908. The Bertz CT molecular complexity index is 570. The second kappa shape index (κ2) is 5.89. The van der Waals surface area contributed by atoms with Gasteiger partial charge in [-0.1, -0.05) is 25.9 Å². The van der Waals surface area contributed by atoms with Gasteiger partial charge in [0.1, 0.15) is 0 Å². The molecule has 6 nitrogen and oxygen atoms in total. The van der Waals surface area contributed by atoms with Gasteiger partial charge in [0.15, 0.2) is 5.82 Å². The highest BCUT2D eigenvalue weighted by atomic mass is 16.5. The summed E-state index contributed by atoms with van der Waals surface area (Å²) in [6.07, 6.45) is 2.45. The molecule has 2 aliphatic heterocycles. The molecule has 0 unspecified atom stereocenters. The highest BCUT2D eigenvalue weighted by Gasteiger charge is 2.51. The second-order valence-electron chi connectivity index (χ2n) is 8.22. The van der Waals surface area contributed by atoms with E-state index in [0.29, 0.717) is 24.7 Å². The zero-order valence-corrected chi connectivity index (χ0v) is 14.6. The molecule has 1 aromatic heterocycles. The molecular weight excluding hydrogens is 294 g/mol. The zero-order chi connectivity index (χ0) is 16.7. The van der Waals surface area contributed by atoms with Crippen molar-refractivity contribution in [2.75, 3.05) is 26.3 Å². The van der Waals surface area contributed by atoms with E-state index in [1.807, 2.05) is 11.8 Å². The lowest BCUT2D eigenvalue weighted by Crippen LogP contribution is -2.38. The summed E-state index contributed by atoms with van der Waals surface area (Å²) in [5.41, 5.74) is 0.0177. The summed E-state index contributed by atoms with van der Waals surface area (Å²) in [5, 5.41) is 3.95. The first-order chi connectivity index (χ1) is 10.8. The van der Waals surface area contributed by atoms with E-state index in [-0.39, 0.29) is 22.7 Å². The van der Waals surface area contributed by atoms with Crippen molar-refractivity contribution in [1.29, 1.82) is 0 Å². The van der Waals surface area contributed by atoms with Crippen molar-refractivity contribution in [3.63, 3.8) is 0 Å². The van der Waals surface area contributed by atoms with Crippen LogP contribution in [0.5, 0.6) is 0 Å². The maximum atomic E-state index is 12.7. The molecule has 128 valence electrons. The van der Waals surface area contributed by atoms with Crippen LogP contribution in [-0.2, 0) is 9.53 Å². The molecule has 0 radical (unpaired) electrons. The van der Waals surface area contributed by atoms with Gasteiger partial charge in [-0.3, -0.25) is 4.79 Å². The van der Waals surface area contributed by atoms with Gasteiger partial charge in [-0.05, 0) is 25.2 Å². The average molecular weight is 321 g/mol. The predicted molar refractivity (Wildman–Crippen MR) is 84.9 cm³/mol. The number of likely N-dealkylation sites (tertiary alicyclic amines) is 1. The average Bonchev–Trinajstić information content (AvgIpc) is 3.02. The Morgan fingerprint density at radius 2 is 2.04 bits per heavy atom. The molecule has 2 aliphatic rings. The number of hydrogen-bond donors (Lipinski definition) is 0. The molecule has 0 N–H and O–H groups in total. The Morgan fingerprint density at radius 3 is 2.61 bits per heavy atom. The Hall–Kier alpha value is -1.43. The lowest BCUT2D eigenvalue weighted by Gasteiger charge is -2.36. The molecule has 0 bridgehead atoms. The van der Waals surface area contributed by atoms with Crippen LogP contribution in [0, 0.1) is 17.8 Å². The normalized spacial score (nSPS) is 24.3. The van der Waals surface area contributed by atoms with Crippen LogP contribution in [0.4, 0.5) is 0 Å². The highest BCUT2D eigenvalue weighted by molar-refractivity contribution is 5.77. The number of hydrogen-bond acceptors (Lipinski definition) is 5. The third kappa shape index (κ3) is 3.42. The molecule has 0 aliphatic carbocycles. The predicted octanol–water partition coefficient (Wildman–Crippen LogP) is 2.54. The lowest BCUT2D eigenvalue weighted by molar-refractivity contribution is -0.132. The fraction of sp³-hybridized carbons (Fsp3) is 0.824. The van der Waals surface area contributed by atoms with Gasteiger partial charge >= 0.3 is 0 Å². The van der Waals surface area contributed by atoms with E-state index in [0.717, 1.165) is 32.6 Å². The van der Waals surface area contributed by atoms with Crippen LogP contribution in [0.1, 0.15) is 57.7 Å². The van der Waals surface area contributed by atoms with Crippen LogP contribution in [-0.4, -0.2) is 47.3 Å². The lowest BCUT2D eigenvalue weighted by atomic mass is 9.72. The summed E-state index contributed by atoms with van der Waals surface area (Å²) in [6.45, 7) is 11.1. The van der Waals surface area contributed by atoms with Gasteiger partial charge in [0, 0.05) is 38.1 Å². The summed E-state index contributed by atoms with van der Waals surface area (Å²) in [6, 6.07) is 0. The number of nitrogens with zero attached hydrogens (tertiary/aromatic N) is 3. The second-order valence-corrected chi connectivity index (χ2v) is 8.22. The molecule has 3 rings (SSSR count).